The fourth-order valence-corrected chi connectivity index (χ4v) is 1.19. The highest BCUT2D eigenvalue weighted by Crippen LogP contribution is 2.08. The third-order valence-electron chi connectivity index (χ3n) is 2.46. The van der Waals surface area contributed by atoms with Gasteiger partial charge in [0.2, 0.25) is 0 Å². The molecule has 1 aromatic carbocycles. The molecule has 0 aliphatic rings. The van der Waals surface area contributed by atoms with Gasteiger partial charge >= 0.3 is 0 Å². The smallest absolute Gasteiger partial charge is 0.265 e. The van der Waals surface area contributed by atoms with Crippen molar-refractivity contribution < 1.29 is 9.53 Å². The molecule has 4 nitrogen and oxygen atoms in total. The van der Waals surface area contributed by atoms with Gasteiger partial charge in [0.15, 0.2) is 0 Å². The first-order valence-electron chi connectivity index (χ1n) is 5.38. The van der Waals surface area contributed by atoms with Crippen LogP contribution in [0.1, 0.15) is 36.2 Å². The van der Waals surface area contributed by atoms with Crippen LogP contribution in [0.5, 0.6) is 0 Å². The summed E-state index contributed by atoms with van der Waals surface area (Å²) in [6, 6.07) is 7.20. The number of carbonyl (C=O) groups is 1. The number of rotatable bonds is 5. The molecule has 0 saturated carbocycles. The van der Waals surface area contributed by atoms with Crippen molar-refractivity contribution in [3.8, 4) is 0 Å². The van der Waals surface area contributed by atoms with E-state index in [1.54, 1.807) is 12.1 Å². The van der Waals surface area contributed by atoms with Crippen LogP contribution in [-0.4, -0.2) is 12.0 Å². The van der Waals surface area contributed by atoms with Gasteiger partial charge in [-0.25, -0.2) is 5.84 Å². The van der Waals surface area contributed by atoms with Crippen molar-refractivity contribution in [2.45, 2.75) is 33.0 Å². The molecule has 1 aromatic rings. The van der Waals surface area contributed by atoms with E-state index in [4.69, 9.17) is 10.6 Å². The third-order valence-corrected chi connectivity index (χ3v) is 2.46. The molecule has 0 aliphatic carbocycles. The zero-order valence-corrected chi connectivity index (χ0v) is 9.69. The zero-order chi connectivity index (χ0) is 12.0. The Hall–Kier alpha value is -1.39. The molecule has 4 heteroatoms. The van der Waals surface area contributed by atoms with Gasteiger partial charge in [0.05, 0.1) is 12.7 Å². The molecule has 0 aromatic heterocycles. The molecule has 1 atom stereocenters. The summed E-state index contributed by atoms with van der Waals surface area (Å²) >= 11 is 0. The molecule has 1 amide bonds. The standard InChI is InChI=1S/C12H18N2O2/c1-3-9(2)16-8-10-4-6-11(7-5-10)12(15)14-13/h4-7,9H,3,8,13H2,1-2H3,(H,14,15). The van der Waals surface area contributed by atoms with Crippen LogP contribution in [0.25, 0.3) is 0 Å². The Kier molecular flexibility index (Phi) is 4.95. The van der Waals surface area contributed by atoms with Crippen LogP contribution in [0.15, 0.2) is 24.3 Å². The van der Waals surface area contributed by atoms with Crippen molar-refractivity contribution in [3.05, 3.63) is 35.4 Å². The summed E-state index contributed by atoms with van der Waals surface area (Å²) < 4.78 is 5.58. The van der Waals surface area contributed by atoms with Crippen molar-refractivity contribution in [3.63, 3.8) is 0 Å². The molecule has 88 valence electrons. The molecule has 1 unspecified atom stereocenters. The average molecular weight is 222 g/mol. The Bertz CT molecular complexity index is 335. The number of ether oxygens (including phenoxy) is 1. The summed E-state index contributed by atoms with van der Waals surface area (Å²) in [5.41, 5.74) is 3.69. The van der Waals surface area contributed by atoms with E-state index in [0.717, 1.165) is 12.0 Å². The second-order valence-corrected chi connectivity index (χ2v) is 3.70. The molecule has 3 N–H and O–H groups in total. The second kappa shape index (κ2) is 6.25. The summed E-state index contributed by atoms with van der Waals surface area (Å²) in [5.74, 6) is 4.75. The zero-order valence-electron chi connectivity index (χ0n) is 9.69. The molecular weight excluding hydrogens is 204 g/mol. The SMILES string of the molecule is CCC(C)OCc1ccc(C(=O)NN)cc1. The van der Waals surface area contributed by atoms with Crippen LogP contribution >= 0.6 is 0 Å². The number of hydrogen-bond acceptors (Lipinski definition) is 3. The lowest BCUT2D eigenvalue weighted by molar-refractivity contribution is 0.0508. The van der Waals surface area contributed by atoms with Gasteiger partial charge in [-0.1, -0.05) is 19.1 Å². The van der Waals surface area contributed by atoms with Crippen molar-refractivity contribution in [2.75, 3.05) is 0 Å². The molecule has 0 fully saturated rings. The molecule has 0 spiro atoms. The van der Waals surface area contributed by atoms with Crippen LogP contribution in [-0.2, 0) is 11.3 Å². The highest BCUT2D eigenvalue weighted by atomic mass is 16.5. The van der Waals surface area contributed by atoms with Gasteiger partial charge in [-0.2, -0.15) is 0 Å². The van der Waals surface area contributed by atoms with Gasteiger partial charge in [0, 0.05) is 5.56 Å². The monoisotopic (exact) mass is 222 g/mol. The van der Waals surface area contributed by atoms with E-state index in [1.807, 2.05) is 19.1 Å². The predicted octanol–water partition coefficient (Wildman–Crippen LogP) is 1.61. The highest BCUT2D eigenvalue weighted by molar-refractivity contribution is 5.93. The van der Waals surface area contributed by atoms with Gasteiger partial charge in [-0.3, -0.25) is 10.2 Å². The van der Waals surface area contributed by atoms with E-state index < -0.39 is 0 Å². The maximum atomic E-state index is 11.2. The molecule has 16 heavy (non-hydrogen) atoms. The summed E-state index contributed by atoms with van der Waals surface area (Å²) in [6.45, 7) is 4.69. The van der Waals surface area contributed by atoms with Crippen molar-refractivity contribution in [1.29, 1.82) is 0 Å². The van der Waals surface area contributed by atoms with Crippen molar-refractivity contribution in [1.82, 2.24) is 5.43 Å². The van der Waals surface area contributed by atoms with Crippen LogP contribution in [0.2, 0.25) is 0 Å². The largest absolute Gasteiger partial charge is 0.374 e. The summed E-state index contributed by atoms with van der Waals surface area (Å²) in [7, 11) is 0. The molecule has 0 aliphatic heterocycles. The van der Waals surface area contributed by atoms with Gasteiger partial charge in [-0.05, 0) is 31.0 Å². The minimum atomic E-state index is -0.283. The van der Waals surface area contributed by atoms with E-state index in [-0.39, 0.29) is 12.0 Å². The van der Waals surface area contributed by atoms with Gasteiger partial charge < -0.3 is 4.74 Å². The Morgan fingerprint density at radius 1 is 1.44 bits per heavy atom. The number of nitrogens with one attached hydrogen (secondary N) is 1. The lowest BCUT2D eigenvalue weighted by atomic mass is 10.1. The first kappa shape index (κ1) is 12.7. The number of hydrazine groups is 1. The minimum Gasteiger partial charge on any atom is -0.374 e. The van der Waals surface area contributed by atoms with E-state index in [9.17, 15) is 4.79 Å². The predicted molar refractivity (Wildman–Crippen MR) is 62.6 cm³/mol. The Morgan fingerprint density at radius 3 is 2.56 bits per heavy atom. The first-order valence-corrected chi connectivity index (χ1v) is 5.38. The van der Waals surface area contributed by atoms with Crippen molar-refractivity contribution in [2.24, 2.45) is 5.84 Å². The van der Waals surface area contributed by atoms with E-state index >= 15 is 0 Å². The summed E-state index contributed by atoms with van der Waals surface area (Å²) in [4.78, 5) is 11.2. The number of nitrogens with two attached hydrogens (primary N) is 1. The van der Waals surface area contributed by atoms with E-state index in [0.29, 0.717) is 12.2 Å². The van der Waals surface area contributed by atoms with Crippen LogP contribution in [0.4, 0.5) is 0 Å². The van der Waals surface area contributed by atoms with Gasteiger partial charge in [-0.15, -0.1) is 0 Å². The lowest BCUT2D eigenvalue weighted by Gasteiger charge is -2.10. The Morgan fingerprint density at radius 2 is 2.06 bits per heavy atom. The molecular formula is C12H18N2O2. The maximum absolute atomic E-state index is 11.2. The molecule has 0 saturated heterocycles. The van der Waals surface area contributed by atoms with E-state index in [1.165, 1.54) is 0 Å². The number of nitrogen functional groups attached to an aromatic ring is 1. The third kappa shape index (κ3) is 3.64. The fourth-order valence-electron chi connectivity index (χ4n) is 1.19. The lowest BCUT2D eigenvalue weighted by Crippen LogP contribution is -2.29. The normalized spacial score (nSPS) is 12.2. The fraction of sp³-hybridized carbons (Fsp3) is 0.417. The first-order chi connectivity index (χ1) is 7.67. The van der Waals surface area contributed by atoms with Crippen LogP contribution in [0.3, 0.4) is 0 Å². The molecule has 0 bridgehead atoms. The van der Waals surface area contributed by atoms with Gasteiger partial charge in [0.25, 0.3) is 5.91 Å². The summed E-state index contributed by atoms with van der Waals surface area (Å²) in [6.07, 6.45) is 1.25. The highest BCUT2D eigenvalue weighted by Gasteiger charge is 2.03. The number of hydrogen-bond donors (Lipinski definition) is 2. The molecule has 1 rings (SSSR count). The average Bonchev–Trinajstić information content (AvgIpc) is 2.35. The van der Waals surface area contributed by atoms with Crippen LogP contribution in [0, 0.1) is 0 Å². The maximum Gasteiger partial charge on any atom is 0.265 e. The number of benzene rings is 1. The Labute approximate surface area is 95.8 Å². The van der Waals surface area contributed by atoms with Gasteiger partial charge in [0.1, 0.15) is 0 Å². The topological polar surface area (TPSA) is 64.3 Å². The molecule has 0 radical (unpaired) electrons. The second-order valence-electron chi connectivity index (χ2n) is 3.70. The van der Waals surface area contributed by atoms with E-state index in [2.05, 4.69) is 12.3 Å². The van der Waals surface area contributed by atoms with Crippen molar-refractivity contribution >= 4 is 5.91 Å². The minimum absolute atomic E-state index is 0.256. The Balaban J connectivity index is 2.54. The quantitative estimate of drug-likeness (QED) is 0.452. The molecule has 0 heterocycles. The van der Waals surface area contributed by atoms with Crippen LogP contribution < -0.4 is 11.3 Å². The summed E-state index contributed by atoms with van der Waals surface area (Å²) in [5, 5.41) is 0. The number of amides is 1. The number of carbonyl (C=O) groups excluding carboxylic acids is 1.